The molecule has 0 saturated carbocycles. The van der Waals surface area contributed by atoms with Gasteiger partial charge in [0.05, 0.1) is 16.7 Å². The maximum absolute atomic E-state index is 6.26. The summed E-state index contributed by atoms with van der Waals surface area (Å²) in [6.45, 7) is 2.07. The van der Waals surface area contributed by atoms with Gasteiger partial charge in [-0.25, -0.2) is 4.98 Å². The van der Waals surface area contributed by atoms with Gasteiger partial charge in [0.15, 0.2) is 0 Å². The molecule has 18 heavy (non-hydrogen) atoms. The second-order valence-electron chi connectivity index (χ2n) is 4.48. The molecule has 1 aliphatic carbocycles. The van der Waals surface area contributed by atoms with Crippen molar-refractivity contribution in [3.8, 4) is 0 Å². The summed E-state index contributed by atoms with van der Waals surface area (Å²) in [4.78, 5) is 9.90. The number of hydrogen-bond acceptors (Lipinski definition) is 2. The highest BCUT2D eigenvalue weighted by Crippen LogP contribution is 2.32. The van der Waals surface area contributed by atoms with Crippen molar-refractivity contribution in [1.82, 2.24) is 9.97 Å². The lowest BCUT2D eigenvalue weighted by molar-refractivity contribution is 1.03. The molecule has 1 N–H and O–H groups in total. The standard InChI is InChI=1S/C14H14ClN3/c1-9-7-8-10(15)13(9)18(2)14-16-11-5-3-4-6-12(11)17-14/h3-7H,8H2,1-2H3,(H,16,17). The van der Waals surface area contributed by atoms with Crippen molar-refractivity contribution in [3.63, 3.8) is 0 Å². The zero-order chi connectivity index (χ0) is 12.7. The average molecular weight is 260 g/mol. The summed E-state index contributed by atoms with van der Waals surface area (Å²) in [7, 11) is 1.98. The van der Waals surface area contributed by atoms with E-state index >= 15 is 0 Å². The lowest BCUT2D eigenvalue weighted by atomic mass is 10.2. The number of allylic oxidation sites excluding steroid dienone is 3. The number of aromatic nitrogens is 2. The Balaban J connectivity index is 2.04. The van der Waals surface area contributed by atoms with Gasteiger partial charge < -0.3 is 9.88 Å². The van der Waals surface area contributed by atoms with Crippen molar-refractivity contribution >= 4 is 28.6 Å². The zero-order valence-corrected chi connectivity index (χ0v) is 11.1. The number of para-hydroxylation sites is 2. The van der Waals surface area contributed by atoms with Gasteiger partial charge >= 0.3 is 0 Å². The van der Waals surface area contributed by atoms with Crippen LogP contribution in [0.2, 0.25) is 0 Å². The second kappa shape index (κ2) is 4.18. The highest BCUT2D eigenvalue weighted by molar-refractivity contribution is 6.30. The minimum Gasteiger partial charge on any atom is -0.324 e. The molecule has 2 aromatic rings. The van der Waals surface area contributed by atoms with Crippen molar-refractivity contribution in [3.05, 3.63) is 46.6 Å². The fourth-order valence-corrected chi connectivity index (χ4v) is 2.65. The van der Waals surface area contributed by atoms with Crippen LogP contribution in [0.3, 0.4) is 0 Å². The van der Waals surface area contributed by atoms with Gasteiger partial charge in [0.2, 0.25) is 5.95 Å². The van der Waals surface area contributed by atoms with Crippen molar-refractivity contribution in [1.29, 1.82) is 0 Å². The van der Waals surface area contributed by atoms with Crippen LogP contribution in [0.15, 0.2) is 46.6 Å². The molecule has 0 atom stereocenters. The Morgan fingerprint density at radius 1 is 1.33 bits per heavy atom. The van der Waals surface area contributed by atoms with Gasteiger partial charge in [-0.1, -0.05) is 29.8 Å². The van der Waals surface area contributed by atoms with Gasteiger partial charge in [-0.2, -0.15) is 0 Å². The van der Waals surface area contributed by atoms with E-state index in [0.717, 1.165) is 34.1 Å². The van der Waals surface area contributed by atoms with Crippen molar-refractivity contribution in [2.24, 2.45) is 0 Å². The number of nitrogens with one attached hydrogen (secondary N) is 1. The van der Waals surface area contributed by atoms with Crippen LogP contribution in [0.25, 0.3) is 11.0 Å². The molecule has 3 nitrogen and oxygen atoms in total. The maximum atomic E-state index is 6.26. The molecular formula is C14H14ClN3. The van der Waals surface area contributed by atoms with Crippen LogP contribution in [0, 0.1) is 0 Å². The molecule has 1 aliphatic rings. The van der Waals surface area contributed by atoms with E-state index in [0.29, 0.717) is 0 Å². The summed E-state index contributed by atoms with van der Waals surface area (Å²) < 4.78 is 0. The predicted molar refractivity (Wildman–Crippen MR) is 75.7 cm³/mol. The molecule has 0 unspecified atom stereocenters. The molecule has 3 rings (SSSR count). The van der Waals surface area contributed by atoms with Gasteiger partial charge in [0.25, 0.3) is 0 Å². The Kier molecular flexibility index (Phi) is 2.63. The largest absolute Gasteiger partial charge is 0.324 e. The molecule has 0 radical (unpaired) electrons. The molecule has 0 aliphatic heterocycles. The Morgan fingerprint density at radius 2 is 2.11 bits per heavy atom. The number of imidazole rings is 1. The van der Waals surface area contributed by atoms with Crippen LogP contribution in [0.1, 0.15) is 13.3 Å². The number of anilines is 1. The number of nitrogens with zero attached hydrogens (tertiary/aromatic N) is 2. The first-order valence-corrected chi connectivity index (χ1v) is 6.29. The molecule has 4 heteroatoms. The molecule has 0 saturated heterocycles. The Hall–Kier alpha value is -1.74. The number of halogens is 1. The number of H-pyrrole nitrogens is 1. The summed E-state index contributed by atoms with van der Waals surface area (Å²) in [6.07, 6.45) is 2.95. The van der Waals surface area contributed by atoms with E-state index in [1.807, 2.05) is 36.2 Å². The first-order chi connectivity index (χ1) is 8.66. The Morgan fingerprint density at radius 3 is 2.78 bits per heavy atom. The van der Waals surface area contributed by atoms with E-state index in [2.05, 4.69) is 23.0 Å². The van der Waals surface area contributed by atoms with E-state index in [1.165, 1.54) is 5.57 Å². The quantitative estimate of drug-likeness (QED) is 0.890. The van der Waals surface area contributed by atoms with Gasteiger partial charge in [0.1, 0.15) is 0 Å². The first kappa shape index (κ1) is 11.4. The lowest BCUT2D eigenvalue weighted by Crippen LogP contribution is -2.18. The molecule has 1 aromatic carbocycles. The maximum Gasteiger partial charge on any atom is 0.208 e. The van der Waals surface area contributed by atoms with Gasteiger partial charge in [-0.3, -0.25) is 0 Å². The van der Waals surface area contributed by atoms with E-state index in [9.17, 15) is 0 Å². The molecular weight excluding hydrogens is 246 g/mol. The van der Waals surface area contributed by atoms with E-state index in [-0.39, 0.29) is 0 Å². The lowest BCUT2D eigenvalue weighted by Gasteiger charge is -2.19. The molecule has 0 fully saturated rings. The normalized spacial score (nSPS) is 15.4. The summed E-state index contributed by atoms with van der Waals surface area (Å²) in [5.74, 6) is 0.819. The fourth-order valence-electron chi connectivity index (χ4n) is 2.30. The SMILES string of the molecule is CC1=CCC(Cl)=C1N(C)c1nc2ccccc2[nH]1. The number of hydrogen-bond donors (Lipinski definition) is 1. The third-order valence-corrected chi connectivity index (χ3v) is 3.58. The van der Waals surface area contributed by atoms with Gasteiger partial charge in [-0.05, 0) is 24.6 Å². The number of benzene rings is 1. The third-order valence-electron chi connectivity index (χ3n) is 3.25. The summed E-state index contributed by atoms with van der Waals surface area (Å²) in [5.41, 5.74) is 4.25. The summed E-state index contributed by atoms with van der Waals surface area (Å²) in [6, 6.07) is 8.00. The minimum atomic E-state index is 0.813. The fraction of sp³-hybridized carbons (Fsp3) is 0.214. The monoisotopic (exact) mass is 259 g/mol. The molecule has 0 amide bonds. The van der Waals surface area contributed by atoms with Gasteiger partial charge in [0, 0.05) is 18.5 Å². The summed E-state index contributed by atoms with van der Waals surface area (Å²) >= 11 is 6.26. The Bertz CT molecular complexity index is 633. The van der Waals surface area contributed by atoms with E-state index < -0.39 is 0 Å². The van der Waals surface area contributed by atoms with Crippen LogP contribution < -0.4 is 4.90 Å². The van der Waals surface area contributed by atoms with E-state index in [1.54, 1.807) is 0 Å². The topological polar surface area (TPSA) is 31.9 Å². The number of likely N-dealkylation sites (N-methyl/N-ethyl adjacent to an activating group) is 1. The third kappa shape index (κ3) is 1.71. The number of aromatic amines is 1. The van der Waals surface area contributed by atoms with Crippen LogP contribution in [0.4, 0.5) is 5.95 Å². The molecule has 1 heterocycles. The molecule has 0 spiro atoms. The first-order valence-electron chi connectivity index (χ1n) is 5.91. The minimum absolute atomic E-state index is 0.813. The van der Waals surface area contributed by atoms with Crippen molar-refractivity contribution in [2.45, 2.75) is 13.3 Å². The smallest absolute Gasteiger partial charge is 0.208 e. The van der Waals surface area contributed by atoms with Crippen molar-refractivity contribution < 1.29 is 0 Å². The average Bonchev–Trinajstić information content (AvgIpc) is 2.92. The number of rotatable bonds is 2. The van der Waals surface area contributed by atoms with Gasteiger partial charge in [-0.15, -0.1) is 0 Å². The summed E-state index contributed by atoms with van der Waals surface area (Å²) in [5, 5.41) is 0.871. The van der Waals surface area contributed by atoms with Crippen molar-refractivity contribution in [2.75, 3.05) is 11.9 Å². The molecule has 92 valence electrons. The molecule has 1 aromatic heterocycles. The zero-order valence-electron chi connectivity index (χ0n) is 10.4. The second-order valence-corrected chi connectivity index (χ2v) is 4.94. The Labute approximate surface area is 111 Å². The van der Waals surface area contributed by atoms with Crippen LogP contribution in [0.5, 0.6) is 0 Å². The van der Waals surface area contributed by atoms with E-state index in [4.69, 9.17) is 11.6 Å². The van der Waals surface area contributed by atoms with Crippen LogP contribution in [-0.2, 0) is 0 Å². The highest BCUT2D eigenvalue weighted by atomic mass is 35.5. The van der Waals surface area contributed by atoms with Crippen LogP contribution >= 0.6 is 11.6 Å². The number of fused-ring (bicyclic) bond motifs is 1. The predicted octanol–water partition coefficient (Wildman–Crippen LogP) is 3.80. The molecule has 0 bridgehead atoms. The van der Waals surface area contributed by atoms with Crippen LogP contribution in [-0.4, -0.2) is 17.0 Å². The highest BCUT2D eigenvalue weighted by Gasteiger charge is 2.19.